The Morgan fingerprint density at radius 2 is 1.70 bits per heavy atom. The summed E-state index contributed by atoms with van der Waals surface area (Å²) in [6.07, 6.45) is 0. The Bertz CT molecular complexity index is 769. The van der Waals surface area contributed by atoms with Crippen LogP contribution in [-0.2, 0) is 0 Å². The lowest BCUT2D eigenvalue weighted by Gasteiger charge is -2.06. The van der Waals surface area contributed by atoms with Crippen LogP contribution in [0, 0.1) is 6.92 Å². The number of carbonyl (C=O) groups excluding carboxylic acids is 1. The van der Waals surface area contributed by atoms with Gasteiger partial charge in [-0.3, -0.25) is 4.79 Å². The molecule has 3 nitrogen and oxygen atoms in total. The van der Waals surface area contributed by atoms with Crippen LogP contribution in [0.15, 0.2) is 52.9 Å². The van der Waals surface area contributed by atoms with Crippen LogP contribution < -0.4 is 5.32 Å². The van der Waals surface area contributed by atoms with Crippen LogP contribution in [0.1, 0.15) is 23.0 Å². The fraction of sp³-hybridized carbons (Fsp3) is 0.118. The standard InChI is InChI=1S/C17H15NO2/c1-11-3-6-14(7-4-11)18-15-8-5-13-9-16(12(2)19)20-17(13)10-15/h3-10,18H,1-2H3. The number of hydrogen-bond acceptors (Lipinski definition) is 3. The third kappa shape index (κ3) is 2.43. The normalized spacial score (nSPS) is 10.7. The summed E-state index contributed by atoms with van der Waals surface area (Å²) in [6, 6.07) is 15.8. The predicted octanol–water partition coefficient (Wildman–Crippen LogP) is 4.69. The molecule has 0 unspecified atom stereocenters. The van der Waals surface area contributed by atoms with Gasteiger partial charge in [0.25, 0.3) is 0 Å². The van der Waals surface area contributed by atoms with Gasteiger partial charge in [-0.25, -0.2) is 0 Å². The van der Waals surface area contributed by atoms with E-state index in [0.29, 0.717) is 11.3 Å². The van der Waals surface area contributed by atoms with E-state index < -0.39 is 0 Å². The van der Waals surface area contributed by atoms with Crippen molar-refractivity contribution in [2.24, 2.45) is 0 Å². The minimum absolute atomic E-state index is 0.0609. The van der Waals surface area contributed by atoms with Crippen molar-refractivity contribution in [3.8, 4) is 0 Å². The maximum atomic E-state index is 11.3. The maximum absolute atomic E-state index is 11.3. The number of hydrogen-bond donors (Lipinski definition) is 1. The number of carbonyl (C=O) groups is 1. The second-order valence-corrected chi connectivity index (χ2v) is 4.91. The first-order valence-electron chi connectivity index (χ1n) is 6.50. The van der Waals surface area contributed by atoms with Crippen molar-refractivity contribution in [2.45, 2.75) is 13.8 Å². The van der Waals surface area contributed by atoms with Crippen molar-refractivity contribution in [1.29, 1.82) is 0 Å². The van der Waals surface area contributed by atoms with E-state index in [1.165, 1.54) is 12.5 Å². The average molecular weight is 265 g/mol. The molecule has 0 aliphatic carbocycles. The highest BCUT2D eigenvalue weighted by Crippen LogP contribution is 2.25. The van der Waals surface area contributed by atoms with E-state index in [1.54, 1.807) is 6.07 Å². The fourth-order valence-electron chi connectivity index (χ4n) is 2.09. The first-order valence-corrected chi connectivity index (χ1v) is 6.50. The molecule has 1 heterocycles. The van der Waals surface area contributed by atoms with E-state index in [1.807, 2.05) is 30.3 Å². The van der Waals surface area contributed by atoms with Crippen molar-refractivity contribution in [3.63, 3.8) is 0 Å². The minimum Gasteiger partial charge on any atom is -0.453 e. The molecule has 2 aromatic carbocycles. The van der Waals surface area contributed by atoms with Crippen LogP contribution in [0.2, 0.25) is 0 Å². The summed E-state index contributed by atoms with van der Waals surface area (Å²) in [4.78, 5) is 11.3. The molecule has 0 aliphatic rings. The molecule has 0 fully saturated rings. The average Bonchev–Trinajstić information content (AvgIpc) is 2.85. The second-order valence-electron chi connectivity index (χ2n) is 4.91. The zero-order chi connectivity index (χ0) is 14.1. The van der Waals surface area contributed by atoms with Gasteiger partial charge in [0.2, 0.25) is 0 Å². The molecule has 0 atom stereocenters. The highest BCUT2D eigenvalue weighted by Gasteiger charge is 2.08. The summed E-state index contributed by atoms with van der Waals surface area (Å²) in [7, 11) is 0. The highest BCUT2D eigenvalue weighted by molar-refractivity contribution is 5.96. The van der Waals surface area contributed by atoms with Gasteiger partial charge in [-0.1, -0.05) is 17.7 Å². The number of anilines is 2. The first-order chi connectivity index (χ1) is 9.61. The number of ketones is 1. The number of nitrogens with one attached hydrogen (secondary N) is 1. The van der Waals surface area contributed by atoms with E-state index in [0.717, 1.165) is 16.8 Å². The van der Waals surface area contributed by atoms with Gasteiger partial charge in [-0.2, -0.15) is 0 Å². The number of rotatable bonds is 3. The van der Waals surface area contributed by atoms with E-state index in [2.05, 4.69) is 24.4 Å². The number of benzene rings is 2. The van der Waals surface area contributed by atoms with Crippen LogP contribution in [0.25, 0.3) is 11.0 Å². The predicted molar refractivity (Wildman–Crippen MR) is 80.7 cm³/mol. The fourth-order valence-corrected chi connectivity index (χ4v) is 2.09. The largest absolute Gasteiger partial charge is 0.453 e. The molecule has 3 rings (SSSR count). The summed E-state index contributed by atoms with van der Waals surface area (Å²) < 4.78 is 5.54. The second kappa shape index (κ2) is 4.85. The maximum Gasteiger partial charge on any atom is 0.194 e. The zero-order valence-corrected chi connectivity index (χ0v) is 11.4. The number of furan rings is 1. The van der Waals surface area contributed by atoms with E-state index in [-0.39, 0.29) is 5.78 Å². The lowest BCUT2D eigenvalue weighted by molar-refractivity contribution is 0.0989. The Hall–Kier alpha value is -2.55. The molecule has 0 saturated heterocycles. The first kappa shape index (κ1) is 12.5. The SMILES string of the molecule is CC(=O)c1cc2ccc(Nc3ccc(C)cc3)cc2o1. The number of fused-ring (bicyclic) bond motifs is 1. The molecule has 0 bridgehead atoms. The summed E-state index contributed by atoms with van der Waals surface area (Å²) >= 11 is 0. The summed E-state index contributed by atoms with van der Waals surface area (Å²) in [5, 5.41) is 4.25. The molecule has 100 valence electrons. The van der Waals surface area contributed by atoms with Crippen LogP contribution >= 0.6 is 0 Å². The van der Waals surface area contributed by atoms with Gasteiger partial charge >= 0.3 is 0 Å². The molecular formula is C17H15NO2. The molecule has 0 radical (unpaired) electrons. The van der Waals surface area contributed by atoms with Crippen LogP contribution in [-0.4, -0.2) is 5.78 Å². The Labute approximate surface area is 117 Å². The van der Waals surface area contributed by atoms with Crippen LogP contribution in [0.4, 0.5) is 11.4 Å². The highest BCUT2D eigenvalue weighted by atomic mass is 16.3. The number of Topliss-reactive ketones (excluding diaryl/α,β-unsaturated/α-hetero) is 1. The van der Waals surface area contributed by atoms with Crippen LogP contribution in [0.5, 0.6) is 0 Å². The molecule has 3 aromatic rings. The van der Waals surface area contributed by atoms with Crippen molar-refractivity contribution in [3.05, 3.63) is 59.9 Å². The third-order valence-electron chi connectivity index (χ3n) is 3.21. The molecule has 3 heteroatoms. The van der Waals surface area contributed by atoms with Crippen molar-refractivity contribution in [1.82, 2.24) is 0 Å². The lowest BCUT2D eigenvalue weighted by Crippen LogP contribution is -1.89. The molecule has 20 heavy (non-hydrogen) atoms. The molecule has 0 aliphatic heterocycles. The van der Waals surface area contributed by atoms with Gasteiger partial charge in [0, 0.05) is 29.8 Å². The smallest absolute Gasteiger partial charge is 0.194 e. The van der Waals surface area contributed by atoms with E-state index in [4.69, 9.17) is 4.42 Å². The van der Waals surface area contributed by atoms with E-state index in [9.17, 15) is 4.79 Å². The third-order valence-corrected chi connectivity index (χ3v) is 3.21. The number of aryl methyl sites for hydroxylation is 1. The van der Waals surface area contributed by atoms with Crippen molar-refractivity contribution >= 4 is 28.1 Å². The Kier molecular flexibility index (Phi) is 3.03. The lowest BCUT2D eigenvalue weighted by atomic mass is 10.2. The Morgan fingerprint density at radius 3 is 2.40 bits per heavy atom. The molecule has 1 aromatic heterocycles. The summed E-state index contributed by atoms with van der Waals surface area (Å²) in [5.74, 6) is 0.335. The van der Waals surface area contributed by atoms with E-state index >= 15 is 0 Å². The Morgan fingerprint density at radius 1 is 1.00 bits per heavy atom. The van der Waals surface area contributed by atoms with Crippen molar-refractivity contribution < 1.29 is 9.21 Å². The zero-order valence-electron chi connectivity index (χ0n) is 11.4. The topological polar surface area (TPSA) is 42.2 Å². The minimum atomic E-state index is -0.0609. The quantitative estimate of drug-likeness (QED) is 0.699. The van der Waals surface area contributed by atoms with Gasteiger partial charge in [0.1, 0.15) is 5.58 Å². The van der Waals surface area contributed by atoms with Gasteiger partial charge in [0.15, 0.2) is 11.5 Å². The van der Waals surface area contributed by atoms with Crippen LogP contribution in [0.3, 0.4) is 0 Å². The summed E-state index contributed by atoms with van der Waals surface area (Å²) in [6.45, 7) is 3.56. The van der Waals surface area contributed by atoms with Gasteiger partial charge < -0.3 is 9.73 Å². The Balaban J connectivity index is 1.92. The monoisotopic (exact) mass is 265 g/mol. The van der Waals surface area contributed by atoms with Gasteiger partial charge in [-0.15, -0.1) is 0 Å². The summed E-state index contributed by atoms with van der Waals surface area (Å²) in [5.41, 5.74) is 3.90. The molecule has 0 saturated carbocycles. The molecular weight excluding hydrogens is 250 g/mol. The van der Waals surface area contributed by atoms with Gasteiger partial charge in [0.05, 0.1) is 0 Å². The van der Waals surface area contributed by atoms with Crippen molar-refractivity contribution in [2.75, 3.05) is 5.32 Å². The molecule has 1 N–H and O–H groups in total. The molecule has 0 spiro atoms. The molecule has 0 amide bonds. The van der Waals surface area contributed by atoms with Gasteiger partial charge in [-0.05, 0) is 37.3 Å².